The van der Waals surface area contributed by atoms with Gasteiger partial charge in [0.25, 0.3) is 0 Å². The molecule has 0 aromatic carbocycles. The zero-order valence-electron chi connectivity index (χ0n) is 5.76. The second-order valence-electron chi connectivity index (χ2n) is 2.00. The number of carbonyl (C=O) groups is 1. The lowest BCUT2D eigenvalue weighted by Crippen LogP contribution is -2.28. The minimum atomic E-state index is -0.326. The van der Waals surface area contributed by atoms with Crippen LogP contribution < -0.4 is 5.73 Å². The van der Waals surface area contributed by atoms with Gasteiger partial charge in [0, 0.05) is 0 Å². The maximum absolute atomic E-state index is 10.7. The molecule has 0 spiro atoms. The second-order valence-corrected chi connectivity index (χ2v) is 2.00. The minimum absolute atomic E-state index is 0.0585. The molecule has 2 nitrogen and oxygen atoms in total. The van der Waals surface area contributed by atoms with Crippen molar-refractivity contribution in [1.82, 2.24) is 0 Å². The molecule has 2 heteroatoms. The van der Waals surface area contributed by atoms with E-state index in [0.29, 0.717) is 0 Å². The molecule has 0 unspecified atom stereocenters. The molecule has 2 N–H and O–H groups in total. The predicted octanol–water partition coefficient (Wildman–Crippen LogP) is 0.869. The molecule has 0 aliphatic carbocycles. The van der Waals surface area contributed by atoms with E-state index in [4.69, 9.17) is 5.73 Å². The number of rotatable bonds is 4. The van der Waals surface area contributed by atoms with Crippen molar-refractivity contribution in [2.45, 2.75) is 25.8 Å². The third kappa shape index (κ3) is 3.03. The topological polar surface area (TPSA) is 43.1 Å². The van der Waals surface area contributed by atoms with Gasteiger partial charge in [-0.05, 0) is 12.5 Å². The van der Waals surface area contributed by atoms with E-state index >= 15 is 0 Å². The Bertz CT molecular complexity index is 109. The summed E-state index contributed by atoms with van der Waals surface area (Å²) in [7, 11) is 0. The lowest BCUT2D eigenvalue weighted by Gasteiger charge is -2.03. The normalized spacial score (nSPS) is 12.7. The first kappa shape index (κ1) is 8.37. The van der Waals surface area contributed by atoms with Gasteiger partial charge < -0.3 is 5.73 Å². The Labute approximate surface area is 55.7 Å². The Morgan fingerprint density at radius 1 is 1.89 bits per heavy atom. The summed E-state index contributed by atoms with van der Waals surface area (Å²) in [4.78, 5) is 10.7. The van der Waals surface area contributed by atoms with Gasteiger partial charge in [-0.15, -0.1) is 0 Å². The molecule has 0 saturated heterocycles. The first-order valence-electron chi connectivity index (χ1n) is 3.14. The van der Waals surface area contributed by atoms with E-state index in [0.717, 1.165) is 12.8 Å². The van der Waals surface area contributed by atoms with Gasteiger partial charge in [-0.25, -0.2) is 0 Å². The van der Waals surface area contributed by atoms with Gasteiger partial charge in [0.1, 0.15) is 0 Å². The molecule has 0 amide bonds. The Morgan fingerprint density at radius 2 is 2.44 bits per heavy atom. The van der Waals surface area contributed by atoms with Crippen LogP contribution in [0.2, 0.25) is 0 Å². The summed E-state index contributed by atoms with van der Waals surface area (Å²) in [5.74, 6) is -0.0585. The summed E-state index contributed by atoms with van der Waals surface area (Å²) >= 11 is 0. The Kier molecular flexibility index (Phi) is 3.97. The molecule has 0 radical (unpaired) electrons. The minimum Gasteiger partial charge on any atom is -0.321 e. The quantitative estimate of drug-likeness (QED) is 0.569. The monoisotopic (exact) mass is 127 g/mol. The molecule has 9 heavy (non-hydrogen) atoms. The first-order chi connectivity index (χ1) is 4.22. The highest BCUT2D eigenvalue weighted by molar-refractivity contribution is 5.93. The van der Waals surface area contributed by atoms with E-state index in [1.54, 1.807) is 0 Å². The van der Waals surface area contributed by atoms with Gasteiger partial charge in [-0.3, -0.25) is 4.79 Å². The average Bonchev–Trinajstić information content (AvgIpc) is 1.87. The fraction of sp³-hybridized carbons (Fsp3) is 0.571. The Morgan fingerprint density at radius 3 is 2.78 bits per heavy atom. The van der Waals surface area contributed by atoms with E-state index in [1.807, 2.05) is 6.92 Å². The summed E-state index contributed by atoms with van der Waals surface area (Å²) in [6.45, 7) is 5.33. The molecule has 0 aromatic rings. The van der Waals surface area contributed by atoms with Crippen LogP contribution in [0.3, 0.4) is 0 Å². The van der Waals surface area contributed by atoms with Crippen LogP contribution in [0, 0.1) is 0 Å². The van der Waals surface area contributed by atoms with Gasteiger partial charge >= 0.3 is 0 Å². The third-order valence-corrected chi connectivity index (χ3v) is 1.17. The molecular weight excluding hydrogens is 114 g/mol. The summed E-state index contributed by atoms with van der Waals surface area (Å²) in [5.41, 5.74) is 5.42. The van der Waals surface area contributed by atoms with Crippen molar-refractivity contribution < 1.29 is 4.79 Å². The molecule has 52 valence electrons. The van der Waals surface area contributed by atoms with Crippen LogP contribution in [-0.2, 0) is 4.79 Å². The average molecular weight is 127 g/mol. The van der Waals surface area contributed by atoms with Gasteiger partial charge in [0.05, 0.1) is 6.04 Å². The van der Waals surface area contributed by atoms with Crippen LogP contribution in [0.5, 0.6) is 0 Å². The highest BCUT2D eigenvalue weighted by atomic mass is 16.1. The molecule has 0 aliphatic heterocycles. The smallest absolute Gasteiger partial charge is 0.171 e. The van der Waals surface area contributed by atoms with E-state index in [-0.39, 0.29) is 11.8 Å². The van der Waals surface area contributed by atoms with Crippen LogP contribution in [0.4, 0.5) is 0 Å². The number of nitrogens with two attached hydrogens (primary N) is 1. The molecule has 0 bridgehead atoms. The van der Waals surface area contributed by atoms with Gasteiger partial charge in [-0.1, -0.05) is 19.9 Å². The predicted molar refractivity (Wildman–Crippen MR) is 38.1 cm³/mol. The summed E-state index contributed by atoms with van der Waals surface area (Å²) in [5, 5.41) is 0. The highest BCUT2D eigenvalue weighted by Gasteiger charge is 2.06. The Balaban J connectivity index is 3.58. The van der Waals surface area contributed by atoms with Crippen LogP contribution in [0.1, 0.15) is 19.8 Å². The molecule has 1 atom stereocenters. The molecule has 0 rings (SSSR count). The second kappa shape index (κ2) is 4.27. The molecule has 0 saturated carbocycles. The van der Waals surface area contributed by atoms with Crippen LogP contribution >= 0.6 is 0 Å². The number of carbonyl (C=O) groups excluding carboxylic acids is 1. The number of ketones is 1. The largest absolute Gasteiger partial charge is 0.321 e. The SMILES string of the molecule is C=CC(=O)[C@@H](N)CCC. The molecule has 0 aromatic heterocycles. The first-order valence-corrected chi connectivity index (χ1v) is 3.14. The van der Waals surface area contributed by atoms with E-state index in [9.17, 15) is 4.79 Å². The maximum atomic E-state index is 10.7. The molecular formula is C7H13NO. The van der Waals surface area contributed by atoms with Gasteiger partial charge in [0.2, 0.25) is 0 Å². The number of hydrogen-bond donors (Lipinski definition) is 1. The van der Waals surface area contributed by atoms with Crippen molar-refractivity contribution in [2.24, 2.45) is 5.73 Å². The van der Waals surface area contributed by atoms with E-state index in [2.05, 4.69) is 6.58 Å². The number of hydrogen-bond acceptors (Lipinski definition) is 2. The summed E-state index contributed by atoms with van der Waals surface area (Å²) in [6, 6.07) is -0.326. The lowest BCUT2D eigenvalue weighted by molar-refractivity contribution is -0.115. The van der Waals surface area contributed by atoms with Crippen molar-refractivity contribution in [3.05, 3.63) is 12.7 Å². The van der Waals surface area contributed by atoms with Crippen molar-refractivity contribution in [2.75, 3.05) is 0 Å². The van der Waals surface area contributed by atoms with Crippen LogP contribution in [0.15, 0.2) is 12.7 Å². The third-order valence-electron chi connectivity index (χ3n) is 1.17. The molecule has 0 heterocycles. The highest BCUT2D eigenvalue weighted by Crippen LogP contribution is 1.94. The zero-order chi connectivity index (χ0) is 7.28. The summed E-state index contributed by atoms with van der Waals surface area (Å²) in [6.07, 6.45) is 2.98. The van der Waals surface area contributed by atoms with Gasteiger partial charge in [-0.2, -0.15) is 0 Å². The van der Waals surface area contributed by atoms with E-state index < -0.39 is 0 Å². The standard InChI is InChI=1S/C7H13NO/c1-3-5-6(8)7(9)4-2/h4,6H,2-3,5,8H2,1H3/t6-/m0/s1. The Hall–Kier alpha value is -0.630. The molecule has 0 fully saturated rings. The van der Waals surface area contributed by atoms with Crippen molar-refractivity contribution in [1.29, 1.82) is 0 Å². The van der Waals surface area contributed by atoms with E-state index in [1.165, 1.54) is 6.08 Å². The fourth-order valence-corrected chi connectivity index (χ4v) is 0.605. The fourth-order valence-electron chi connectivity index (χ4n) is 0.605. The van der Waals surface area contributed by atoms with Crippen molar-refractivity contribution in [3.63, 3.8) is 0 Å². The van der Waals surface area contributed by atoms with Crippen molar-refractivity contribution >= 4 is 5.78 Å². The van der Waals surface area contributed by atoms with Crippen LogP contribution in [0.25, 0.3) is 0 Å². The molecule has 0 aliphatic rings. The van der Waals surface area contributed by atoms with Gasteiger partial charge in [0.15, 0.2) is 5.78 Å². The zero-order valence-corrected chi connectivity index (χ0v) is 5.76. The lowest BCUT2D eigenvalue weighted by atomic mass is 10.1. The van der Waals surface area contributed by atoms with Crippen molar-refractivity contribution in [3.8, 4) is 0 Å². The summed E-state index contributed by atoms with van der Waals surface area (Å²) < 4.78 is 0. The maximum Gasteiger partial charge on any atom is 0.171 e. The van der Waals surface area contributed by atoms with Crippen LogP contribution in [-0.4, -0.2) is 11.8 Å².